The number of piperidine rings is 1. The number of benzene rings is 1. The lowest BCUT2D eigenvalue weighted by Gasteiger charge is -2.33. The Bertz CT molecular complexity index is 618. The largest absolute Gasteiger partial charge is 0.328 e. The van der Waals surface area contributed by atoms with E-state index in [0.29, 0.717) is 17.1 Å². The number of likely N-dealkylation sites (tertiary alicyclic amines) is 1. The fraction of sp³-hybridized carbons (Fsp3) is 0.471. The molecule has 0 spiro atoms. The maximum atomic E-state index is 6.34. The smallest absolute Gasteiger partial charge is 0.134 e. The minimum Gasteiger partial charge on any atom is -0.328 e. The van der Waals surface area contributed by atoms with Crippen LogP contribution in [0.15, 0.2) is 30.3 Å². The van der Waals surface area contributed by atoms with Gasteiger partial charge in [0.15, 0.2) is 0 Å². The van der Waals surface area contributed by atoms with E-state index in [1.807, 2.05) is 18.2 Å². The van der Waals surface area contributed by atoms with Crippen molar-refractivity contribution in [3.63, 3.8) is 0 Å². The Kier molecular flexibility index (Phi) is 4.43. The van der Waals surface area contributed by atoms with Gasteiger partial charge in [-0.25, -0.2) is 4.98 Å². The number of nitrogens with two attached hydrogens (primary N) is 1. The summed E-state index contributed by atoms with van der Waals surface area (Å²) in [5.41, 5.74) is 8.08. The summed E-state index contributed by atoms with van der Waals surface area (Å²) in [4.78, 5) is 6.96. The highest BCUT2D eigenvalue weighted by molar-refractivity contribution is 6.30. The maximum Gasteiger partial charge on any atom is 0.134 e. The van der Waals surface area contributed by atoms with Crippen molar-refractivity contribution in [2.45, 2.75) is 32.4 Å². The van der Waals surface area contributed by atoms with Crippen molar-refractivity contribution < 1.29 is 0 Å². The van der Waals surface area contributed by atoms with Crippen LogP contribution in [-0.2, 0) is 6.54 Å². The van der Waals surface area contributed by atoms with Gasteiger partial charge >= 0.3 is 0 Å². The highest BCUT2D eigenvalue weighted by Gasteiger charge is 2.22. The van der Waals surface area contributed by atoms with E-state index >= 15 is 0 Å². The standard InChI is InChI=1S/C17H22ClN3/c1-12(19)13-6-8-21(9-7-13)11-15-10-14-4-2-3-5-16(14)20-17(15)18/h2-5,10,12-13H,6-9,11,19H2,1H3. The second-order valence-electron chi connectivity index (χ2n) is 6.10. The number of rotatable bonds is 3. The molecule has 0 bridgehead atoms. The molecule has 1 atom stereocenters. The summed E-state index contributed by atoms with van der Waals surface area (Å²) in [6.07, 6.45) is 2.35. The number of nitrogens with zero attached hydrogens (tertiary/aromatic N) is 2. The van der Waals surface area contributed by atoms with E-state index in [1.165, 1.54) is 12.8 Å². The maximum absolute atomic E-state index is 6.34. The summed E-state index contributed by atoms with van der Waals surface area (Å²) in [5.74, 6) is 0.659. The molecule has 112 valence electrons. The molecule has 1 aromatic carbocycles. The summed E-state index contributed by atoms with van der Waals surface area (Å²) < 4.78 is 0. The van der Waals surface area contributed by atoms with Gasteiger partial charge in [-0.05, 0) is 50.9 Å². The molecule has 0 saturated carbocycles. The number of aromatic nitrogens is 1. The minimum absolute atomic E-state index is 0.304. The Labute approximate surface area is 131 Å². The average Bonchev–Trinajstić information content (AvgIpc) is 2.48. The Morgan fingerprint density at radius 3 is 2.76 bits per heavy atom. The number of para-hydroxylation sites is 1. The fourth-order valence-corrected chi connectivity index (χ4v) is 3.33. The first kappa shape index (κ1) is 14.8. The zero-order valence-electron chi connectivity index (χ0n) is 12.4. The van der Waals surface area contributed by atoms with Crippen LogP contribution < -0.4 is 5.73 Å². The Morgan fingerprint density at radius 2 is 2.05 bits per heavy atom. The van der Waals surface area contributed by atoms with Crippen LogP contribution in [0.3, 0.4) is 0 Å². The summed E-state index contributed by atoms with van der Waals surface area (Å²) >= 11 is 6.34. The van der Waals surface area contributed by atoms with Crippen molar-refractivity contribution in [1.82, 2.24) is 9.88 Å². The SMILES string of the molecule is CC(N)C1CCN(Cc2cc3ccccc3nc2Cl)CC1. The van der Waals surface area contributed by atoms with Crippen molar-refractivity contribution >= 4 is 22.5 Å². The van der Waals surface area contributed by atoms with Gasteiger partial charge in [-0.2, -0.15) is 0 Å². The second-order valence-corrected chi connectivity index (χ2v) is 6.46. The van der Waals surface area contributed by atoms with Gasteiger partial charge < -0.3 is 5.73 Å². The van der Waals surface area contributed by atoms with Crippen LogP contribution in [0, 0.1) is 5.92 Å². The van der Waals surface area contributed by atoms with Crippen LogP contribution in [-0.4, -0.2) is 29.0 Å². The van der Waals surface area contributed by atoms with Crippen molar-refractivity contribution in [1.29, 1.82) is 0 Å². The fourth-order valence-electron chi connectivity index (χ4n) is 3.12. The molecular formula is C17H22ClN3. The molecule has 0 aliphatic carbocycles. The number of halogens is 1. The first-order chi connectivity index (χ1) is 10.1. The molecule has 21 heavy (non-hydrogen) atoms. The molecule has 1 aliphatic rings. The zero-order valence-corrected chi connectivity index (χ0v) is 13.2. The van der Waals surface area contributed by atoms with E-state index < -0.39 is 0 Å². The minimum atomic E-state index is 0.304. The van der Waals surface area contributed by atoms with Gasteiger partial charge in [-0.15, -0.1) is 0 Å². The molecule has 1 aliphatic heterocycles. The summed E-state index contributed by atoms with van der Waals surface area (Å²) in [5, 5.41) is 1.78. The molecular weight excluding hydrogens is 282 g/mol. The van der Waals surface area contributed by atoms with Gasteiger partial charge in [0.2, 0.25) is 0 Å². The van der Waals surface area contributed by atoms with Gasteiger partial charge in [0.25, 0.3) is 0 Å². The molecule has 2 N–H and O–H groups in total. The molecule has 2 aromatic rings. The van der Waals surface area contributed by atoms with Crippen LogP contribution in [0.2, 0.25) is 5.15 Å². The lowest BCUT2D eigenvalue weighted by Crippen LogP contribution is -2.39. The van der Waals surface area contributed by atoms with E-state index in [1.54, 1.807) is 0 Å². The highest BCUT2D eigenvalue weighted by Crippen LogP contribution is 2.25. The lowest BCUT2D eigenvalue weighted by atomic mass is 9.91. The molecule has 4 heteroatoms. The number of hydrogen-bond acceptors (Lipinski definition) is 3. The molecule has 0 radical (unpaired) electrons. The molecule has 0 amide bonds. The molecule has 1 aromatic heterocycles. The van der Waals surface area contributed by atoms with Crippen molar-refractivity contribution in [2.24, 2.45) is 11.7 Å². The van der Waals surface area contributed by atoms with Crippen molar-refractivity contribution in [3.05, 3.63) is 41.0 Å². The first-order valence-electron chi connectivity index (χ1n) is 7.65. The van der Waals surface area contributed by atoms with E-state index in [0.717, 1.165) is 36.1 Å². The summed E-state index contributed by atoms with van der Waals surface area (Å²) in [6.45, 7) is 5.18. The second kappa shape index (κ2) is 6.30. The van der Waals surface area contributed by atoms with Crippen LogP contribution in [0.25, 0.3) is 10.9 Å². The van der Waals surface area contributed by atoms with Crippen LogP contribution in [0.1, 0.15) is 25.3 Å². The average molecular weight is 304 g/mol. The topological polar surface area (TPSA) is 42.1 Å². The van der Waals surface area contributed by atoms with E-state index in [9.17, 15) is 0 Å². The molecule has 2 heterocycles. The molecule has 3 nitrogen and oxygen atoms in total. The molecule has 1 saturated heterocycles. The summed E-state index contributed by atoms with van der Waals surface area (Å²) in [6, 6.07) is 10.6. The quantitative estimate of drug-likeness (QED) is 0.883. The predicted molar refractivity (Wildman–Crippen MR) is 88.4 cm³/mol. The summed E-state index contributed by atoms with van der Waals surface area (Å²) in [7, 11) is 0. The lowest BCUT2D eigenvalue weighted by molar-refractivity contribution is 0.165. The molecule has 1 fully saturated rings. The van der Waals surface area contributed by atoms with Crippen LogP contribution >= 0.6 is 11.6 Å². The van der Waals surface area contributed by atoms with E-state index in [4.69, 9.17) is 17.3 Å². The third-order valence-corrected chi connectivity index (χ3v) is 4.85. The Hall–Kier alpha value is -1.16. The number of hydrogen-bond donors (Lipinski definition) is 1. The molecule has 1 unspecified atom stereocenters. The number of pyridine rings is 1. The molecule has 3 rings (SSSR count). The number of fused-ring (bicyclic) bond motifs is 1. The van der Waals surface area contributed by atoms with Crippen LogP contribution in [0.4, 0.5) is 0 Å². The van der Waals surface area contributed by atoms with Gasteiger partial charge in [0.1, 0.15) is 5.15 Å². The van der Waals surface area contributed by atoms with Gasteiger partial charge in [0, 0.05) is 23.5 Å². The zero-order chi connectivity index (χ0) is 14.8. The van der Waals surface area contributed by atoms with Gasteiger partial charge in [0.05, 0.1) is 5.52 Å². The van der Waals surface area contributed by atoms with E-state index in [2.05, 4.69) is 28.9 Å². The first-order valence-corrected chi connectivity index (χ1v) is 8.03. The predicted octanol–water partition coefficient (Wildman–Crippen LogP) is 3.45. The van der Waals surface area contributed by atoms with Gasteiger partial charge in [-0.3, -0.25) is 4.90 Å². The Morgan fingerprint density at radius 1 is 1.33 bits per heavy atom. The normalized spacial score (nSPS) is 19.0. The third-order valence-electron chi connectivity index (χ3n) is 4.52. The Balaban J connectivity index is 1.72. The monoisotopic (exact) mass is 303 g/mol. The third kappa shape index (κ3) is 3.37. The van der Waals surface area contributed by atoms with Crippen molar-refractivity contribution in [3.8, 4) is 0 Å². The van der Waals surface area contributed by atoms with E-state index in [-0.39, 0.29) is 0 Å². The van der Waals surface area contributed by atoms with Crippen molar-refractivity contribution in [2.75, 3.05) is 13.1 Å². The van der Waals surface area contributed by atoms with Gasteiger partial charge in [-0.1, -0.05) is 29.8 Å². The van der Waals surface area contributed by atoms with Crippen LogP contribution in [0.5, 0.6) is 0 Å². The highest BCUT2D eigenvalue weighted by atomic mass is 35.5.